The lowest BCUT2D eigenvalue weighted by Gasteiger charge is -2.21. The summed E-state index contributed by atoms with van der Waals surface area (Å²) in [5.41, 5.74) is 5.08. The normalized spacial score (nSPS) is 16.2. The van der Waals surface area contributed by atoms with E-state index in [1.54, 1.807) is 0 Å². The number of terminal acetylenes is 1. The van der Waals surface area contributed by atoms with E-state index in [4.69, 9.17) is 17.3 Å². The van der Waals surface area contributed by atoms with Crippen LogP contribution in [0.25, 0.3) is 0 Å². The summed E-state index contributed by atoms with van der Waals surface area (Å²) in [4.78, 5) is 0. The minimum absolute atomic E-state index is 0.0632. The molecule has 0 bridgehead atoms. The smallest absolute Gasteiger partial charge is 0.0506 e. The third kappa shape index (κ3) is 2.50. The molecule has 1 atom stereocenters. The van der Waals surface area contributed by atoms with Gasteiger partial charge < -0.3 is 10.8 Å². The second kappa shape index (κ2) is 3.49. The van der Waals surface area contributed by atoms with Crippen molar-refractivity contribution < 1.29 is 5.11 Å². The third-order valence-electron chi connectivity index (χ3n) is 1.40. The fraction of sp³-hybridized carbons (Fsp3) is 0.714. The van der Waals surface area contributed by atoms with Gasteiger partial charge in [-0.1, -0.05) is 6.92 Å². The first-order valence-corrected chi connectivity index (χ1v) is 2.93. The molecule has 0 saturated carbocycles. The maximum Gasteiger partial charge on any atom is 0.0506 e. The van der Waals surface area contributed by atoms with Crippen LogP contribution < -0.4 is 5.73 Å². The van der Waals surface area contributed by atoms with Crippen molar-refractivity contribution in [2.24, 2.45) is 11.1 Å². The van der Waals surface area contributed by atoms with Gasteiger partial charge in [0.05, 0.1) is 6.61 Å². The van der Waals surface area contributed by atoms with Crippen molar-refractivity contribution >= 4 is 0 Å². The maximum absolute atomic E-state index is 8.74. The number of rotatable bonds is 3. The predicted molar refractivity (Wildman–Crippen MR) is 37.7 cm³/mol. The zero-order valence-corrected chi connectivity index (χ0v) is 5.72. The Kier molecular flexibility index (Phi) is 3.29. The molecule has 52 valence electrons. The first-order valence-electron chi connectivity index (χ1n) is 2.93. The van der Waals surface area contributed by atoms with Gasteiger partial charge in [-0.15, -0.1) is 12.3 Å². The number of hydrogen-bond donors (Lipinski definition) is 2. The monoisotopic (exact) mass is 127 g/mol. The Balaban J connectivity index is 3.80. The highest BCUT2D eigenvalue weighted by Gasteiger charge is 2.19. The molecule has 0 aliphatic carbocycles. The van der Waals surface area contributed by atoms with E-state index in [1.807, 2.05) is 6.92 Å². The third-order valence-corrected chi connectivity index (χ3v) is 1.40. The van der Waals surface area contributed by atoms with Gasteiger partial charge in [0.15, 0.2) is 0 Å². The molecule has 9 heavy (non-hydrogen) atoms. The first-order chi connectivity index (χ1) is 4.18. The van der Waals surface area contributed by atoms with Gasteiger partial charge in [0.2, 0.25) is 0 Å². The Morgan fingerprint density at radius 3 is 2.44 bits per heavy atom. The Morgan fingerprint density at radius 1 is 1.78 bits per heavy atom. The molecular formula is C7H13NO. The summed E-state index contributed by atoms with van der Waals surface area (Å²) in [5.74, 6) is 2.47. The Labute approximate surface area is 56.1 Å². The minimum Gasteiger partial charge on any atom is -0.396 e. The zero-order chi connectivity index (χ0) is 7.33. The number of nitrogens with two attached hydrogens (primary N) is 1. The van der Waals surface area contributed by atoms with Crippen LogP contribution in [-0.4, -0.2) is 18.3 Å². The van der Waals surface area contributed by atoms with Gasteiger partial charge in [-0.2, -0.15) is 0 Å². The van der Waals surface area contributed by atoms with Crippen LogP contribution in [0.5, 0.6) is 0 Å². The largest absolute Gasteiger partial charge is 0.396 e. The molecule has 2 heteroatoms. The summed E-state index contributed by atoms with van der Waals surface area (Å²) in [6.07, 6.45) is 5.59. The molecule has 1 unspecified atom stereocenters. The van der Waals surface area contributed by atoms with E-state index >= 15 is 0 Å². The van der Waals surface area contributed by atoms with Crippen LogP contribution in [0.4, 0.5) is 0 Å². The van der Waals surface area contributed by atoms with Crippen LogP contribution in [0.3, 0.4) is 0 Å². The highest BCUT2D eigenvalue weighted by atomic mass is 16.3. The van der Waals surface area contributed by atoms with Crippen molar-refractivity contribution in [3.05, 3.63) is 0 Å². The Bertz CT molecular complexity index is 111. The zero-order valence-electron chi connectivity index (χ0n) is 5.72. The lowest BCUT2D eigenvalue weighted by Crippen LogP contribution is -2.30. The molecule has 0 radical (unpaired) electrons. The average Bonchev–Trinajstić information content (AvgIpc) is 1.89. The molecule has 3 N–H and O–H groups in total. The van der Waals surface area contributed by atoms with Crippen molar-refractivity contribution in [3.8, 4) is 12.3 Å². The minimum atomic E-state index is -0.269. The highest BCUT2D eigenvalue weighted by Crippen LogP contribution is 2.16. The number of aliphatic hydroxyl groups excluding tert-OH is 1. The molecule has 0 aromatic carbocycles. The van der Waals surface area contributed by atoms with Crippen LogP contribution in [0.15, 0.2) is 0 Å². The molecule has 0 aromatic rings. The first kappa shape index (κ1) is 8.48. The van der Waals surface area contributed by atoms with E-state index in [9.17, 15) is 0 Å². The van der Waals surface area contributed by atoms with Crippen LogP contribution in [0, 0.1) is 17.8 Å². The van der Waals surface area contributed by atoms with E-state index in [0.29, 0.717) is 13.0 Å². The van der Waals surface area contributed by atoms with Gasteiger partial charge in [-0.3, -0.25) is 0 Å². The summed E-state index contributed by atoms with van der Waals surface area (Å²) in [5, 5.41) is 8.74. The number of hydrogen-bond acceptors (Lipinski definition) is 2. The molecule has 0 aromatic heterocycles. The van der Waals surface area contributed by atoms with E-state index in [-0.39, 0.29) is 12.0 Å². The Morgan fingerprint density at radius 2 is 2.33 bits per heavy atom. The van der Waals surface area contributed by atoms with Gasteiger partial charge >= 0.3 is 0 Å². The standard InChI is InChI=1S/C7H13NO/c1-3-4-7(2,5-8)6-9/h1,9H,4-6,8H2,2H3. The highest BCUT2D eigenvalue weighted by molar-refractivity contribution is 4.92. The molecule has 0 fully saturated rings. The van der Waals surface area contributed by atoms with Gasteiger partial charge in [-0.05, 0) is 0 Å². The Hall–Kier alpha value is -0.520. The van der Waals surface area contributed by atoms with Gasteiger partial charge in [0.25, 0.3) is 0 Å². The van der Waals surface area contributed by atoms with E-state index in [1.165, 1.54) is 0 Å². The molecule has 2 nitrogen and oxygen atoms in total. The summed E-state index contributed by atoms with van der Waals surface area (Å²) >= 11 is 0. The summed E-state index contributed by atoms with van der Waals surface area (Å²) < 4.78 is 0. The van der Waals surface area contributed by atoms with Crippen LogP contribution in [0.2, 0.25) is 0 Å². The second-order valence-corrected chi connectivity index (χ2v) is 2.55. The van der Waals surface area contributed by atoms with Crippen LogP contribution in [0.1, 0.15) is 13.3 Å². The van der Waals surface area contributed by atoms with E-state index in [2.05, 4.69) is 5.92 Å². The quantitative estimate of drug-likeness (QED) is 0.523. The number of aliphatic hydroxyl groups is 1. The van der Waals surface area contributed by atoms with Crippen molar-refractivity contribution in [2.45, 2.75) is 13.3 Å². The topological polar surface area (TPSA) is 46.2 Å². The van der Waals surface area contributed by atoms with Crippen molar-refractivity contribution in [1.29, 1.82) is 0 Å². The maximum atomic E-state index is 8.74. The van der Waals surface area contributed by atoms with E-state index < -0.39 is 0 Å². The van der Waals surface area contributed by atoms with Gasteiger partial charge in [-0.25, -0.2) is 0 Å². The van der Waals surface area contributed by atoms with Crippen LogP contribution >= 0.6 is 0 Å². The van der Waals surface area contributed by atoms with Crippen LogP contribution in [-0.2, 0) is 0 Å². The summed E-state index contributed by atoms with van der Waals surface area (Å²) in [6, 6.07) is 0. The van der Waals surface area contributed by atoms with Crippen molar-refractivity contribution in [2.75, 3.05) is 13.2 Å². The molecule has 0 saturated heterocycles. The molecule has 0 aliphatic heterocycles. The lowest BCUT2D eigenvalue weighted by atomic mass is 9.89. The lowest BCUT2D eigenvalue weighted by molar-refractivity contribution is 0.154. The van der Waals surface area contributed by atoms with Crippen molar-refractivity contribution in [1.82, 2.24) is 0 Å². The molecular weight excluding hydrogens is 114 g/mol. The molecule has 0 aliphatic rings. The van der Waals surface area contributed by atoms with E-state index in [0.717, 1.165) is 0 Å². The fourth-order valence-electron chi connectivity index (χ4n) is 0.439. The molecule has 0 spiro atoms. The fourth-order valence-corrected chi connectivity index (χ4v) is 0.439. The van der Waals surface area contributed by atoms with Gasteiger partial charge in [0, 0.05) is 18.4 Å². The summed E-state index contributed by atoms with van der Waals surface area (Å²) in [7, 11) is 0. The molecule has 0 heterocycles. The van der Waals surface area contributed by atoms with Crippen molar-refractivity contribution in [3.63, 3.8) is 0 Å². The predicted octanol–water partition coefficient (Wildman–Crippen LogP) is -0.0330. The average molecular weight is 127 g/mol. The second-order valence-electron chi connectivity index (χ2n) is 2.55. The van der Waals surface area contributed by atoms with Gasteiger partial charge in [0.1, 0.15) is 0 Å². The SMILES string of the molecule is C#CCC(C)(CN)CO. The molecule has 0 rings (SSSR count). The molecule has 0 amide bonds. The summed E-state index contributed by atoms with van der Waals surface area (Å²) in [6.45, 7) is 2.37.